The van der Waals surface area contributed by atoms with Crippen molar-refractivity contribution in [3.63, 3.8) is 0 Å². The average Bonchev–Trinajstić information content (AvgIpc) is 4.10. The lowest BCUT2D eigenvalue weighted by Gasteiger charge is -2.38. The number of piperazine rings is 2. The van der Waals surface area contributed by atoms with Crippen LogP contribution in [0.3, 0.4) is 0 Å². The minimum absolute atomic E-state index is 0. The molecule has 2 fully saturated rings. The highest BCUT2D eigenvalue weighted by atomic mass is 35.5. The van der Waals surface area contributed by atoms with E-state index in [-0.39, 0.29) is 55.1 Å². The first-order chi connectivity index (χ1) is 34.0. The summed E-state index contributed by atoms with van der Waals surface area (Å²) in [5.41, 5.74) is 20.2. The zero-order valence-corrected chi connectivity index (χ0v) is 41.7. The third-order valence-electron chi connectivity index (χ3n) is 12.6. The number of rotatable bonds is 28. The van der Waals surface area contributed by atoms with Gasteiger partial charge in [-0.3, -0.25) is 9.59 Å². The Labute approximate surface area is 421 Å². The first kappa shape index (κ1) is 56.1. The molecule has 2 aliphatic heterocycles. The van der Waals surface area contributed by atoms with Gasteiger partial charge in [0.15, 0.2) is 0 Å². The fourth-order valence-electron chi connectivity index (χ4n) is 8.04. The first-order valence-corrected chi connectivity index (χ1v) is 24.2. The van der Waals surface area contributed by atoms with E-state index >= 15 is 0 Å². The van der Waals surface area contributed by atoms with Crippen molar-refractivity contribution < 1.29 is 34.0 Å². The Kier molecular flexibility index (Phi) is 22.9. The summed E-state index contributed by atoms with van der Waals surface area (Å²) in [6.45, 7) is 10.4. The van der Waals surface area contributed by atoms with Crippen molar-refractivity contribution in [2.75, 3.05) is 127 Å². The van der Waals surface area contributed by atoms with Gasteiger partial charge in [0.05, 0.1) is 69.8 Å². The summed E-state index contributed by atoms with van der Waals surface area (Å²) in [5.74, 6) is 3.78. The van der Waals surface area contributed by atoms with Crippen LogP contribution in [0.25, 0.3) is 0 Å². The molecule has 0 aliphatic carbocycles. The van der Waals surface area contributed by atoms with Gasteiger partial charge < -0.3 is 66.5 Å². The van der Waals surface area contributed by atoms with Crippen LogP contribution in [0, 0.1) is 18.3 Å². The van der Waals surface area contributed by atoms with Crippen molar-refractivity contribution in [2.24, 2.45) is 23.1 Å². The number of carbonyl (C=O) groups excluding carboxylic acids is 2. The molecule has 2 amide bonds. The van der Waals surface area contributed by atoms with Crippen molar-refractivity contribution in [1.82, 2.24) is 54.7 Å². The normalized spacial score (nSPS) is 16.2. The Morgan fingerprint density at radius 3 is 1.92 bits per heavy atom. The molecule has 0 saturated carbocycles. The van der Waals surface area contributed by atoms with Crippen LogP contribution in [0.2, 0.25) is 0 Å². The van der Waals surface area contributed by atoms with E-state index in [1.807, 2.05) is 19.6 Å². The molecular weight excluding hydrogens is 938 g/mol. The summed E-state index contributed by atoms with van der Waals surface area (Å²) in [6.07, 6.45) is 11.8. The molecule has 390 valence electrons. The number of nitrogens with two attached hydrogens (primary N) is 3. The van der Waals surface area contributed by atoms with Crippen LogP contribution in [0.15, 0.2) is 36.7 Å². The van der Waals surface area contributed by atoms with E-state index in [4.69, 9.17) is 52.8 Å². The number of amides is 2. The van der Waals surface area contributed by atoms with E-state index in [0.717, 1.165) is 24.8 Å². The van der Waals surface area contributed by atoms with E-state index in [1.54, 1.807) is 46.0 Å². The Bertz CT molecular complexity index is 2250. The number of phenolic OH excluding ortho intramolecular Hbond substituents is 1. The zero-order valence-electron chi connectivity index (χ0n) is 40.9. The van der Waals surface area contributed by atoms with Gasteiger partial charge in [-0.05, 0) is 49.4 Å². The SMILES string of the molecule is C#CCOCCOCCOCCNc1nc(N2CCN(C(=O)[C@@H](Cc3ccc(O)cc3)n3cc([C@@H](N)C(C)CC)nn3)CC2)nc(N2CCN(C(=O)[C@H](CCCCN)n3cc([C@@H](N)CO)nn3)CC2)n1.Cl. The number of ether oxygens (including phenoxy) is 3. The Balaban J connectivity index is 0.00000937. The third kappa shape index (κ3) is 16.1. The lowest BCUT2D eigenvalue weighted by molar-refractivity contribution is -0.136. The van der Waals surface area contributed by atoms with Gasteiger partial charge in [0, 0.05) is 65.3 Å². The number of halogens is 1. The number of unbranched alkanes of at least 4 members (excludes halogenated alkanes) is 1. The Morgan fingerprint density at radius 1 is 0.789 bits per heavy atom. The fourth-order valence-corrected chi connectivity index (χ4v) is 8.04. The number of nitrogens with one attached hydrogen (secondary N) is 1. The van der Waals surface area contributed by atoms with E-state index in [9.17, 15) is 19.8 Å². The maximum absolute atomic E-state index is 14.5. The molecule has 0 bridgehead atoms. The molecule has 0 spiro atoms. The number of carbonyl (C=O) groups is 2. The summed E-state index contributed by atoms with van der Waals surface area (Å²) in [7, 11) is 0. The molecule has 24 nitrogen and oxygen atoms in total. The molecule has 9 N–H and O–H groups in total. The molecule has 6 rings (SSSR count). The number of aromatic nitrogens is 9. The molecule has 1 unspecified atom stereocenters. The van der Waals surface area contributed by atoms with Crippen LogP contribution in [0.5, 0.6) is 5.75 Å². The predicted octanol–water partition coefficient (Wildman–Crippen LogP) is 0.466. The molecule has 4 aromatic rings. The highest BCUT2D eigenvalue weighted by molar-refractivity contribution is 5.85. The molecular formula is C46H72ClN17O7. The highest BCUT2D eigenvalue weighted by Crippen LogP contribution is 2.26. The molecule has 5 atom stereocenters. The number of aromatic hydroxyl groups is 1. The van der Waals surface area contributed by atoms with Gasteiger partial charge >= 0.3 is 0 Å². The third-order valence-corrected chi connectivity index (χ3v) is 12.6. The van der Waals surface area contributed by atoms with Crippen LogP contribution < -0.4 is 32.3 Å². The average molecular weight is 1010 g/mol. The van der Waals surface area contributed by atoms with Gasteiger partial charge in [-0.25, -0.2) is 9.36 Å². The van der Waals surface area contributed by atoms with Crippen LogP contribution in [0.4, 0.5) is 17.8 Å². The molecule has 2 aliphatic rings. The topological polar surface area (TPSA) is 305 Å². The van der Waals surface area contributed by atoms with Crippen LogP contribution >= 0.6 is 12.4 Å². The van der Waals surface area contributed by atoms with Crippen molar-refractivity contribution >= 4 is 42.1 Å². The number of hydrogen-bond acceptors (Lipinski definition) is 20. The van der Waals surface area contributed by atoms with Crippen LogP contribution in [-0.4, -0.2) is 188 Å². The summed E-state index contributed by atoms with van der Waals surface area (Å²) in [5, 5.41) is 39.9. The van der Waals surface area contributed by atoms with Gasteiger partial charge in [-0.15, -0.1) is 29.0 Å². The van der Waals surface area contributed by atoms with Gasteiger partial charge in [-0.2, -0.15) is 15.0 Å². The monoisotopic (exact) mass is 1010 g/mol. The maximum Gasteiger partial charge on any atom is 0.247 e. The Morgan fingerprint density at radius 2 is 1.34 bits per heavy atom. The molecule has 5 heterocycles. The minimum Gasteiger partial charge on any atom is -0.508 e. The van der Waals surface area contributed by atoms with Gasteiger partial charge in [-0.1, -0.05) is 48.7 Å². The number of aliphatic hydroxyl groups excluding tert-OH is 1. The molecule has 3 aromatic heterocycles. The molecule has 71 heavy (non-hydrogen) atoms. The lowest BCUT2D eigenvalue weighted by Crippen LogP contribution is -2.52. The first-order valence-electron chi connectivity index (χ1n) is 24.2. The minimum atomic E-state index is -0.704. The molecule has 0 radical (unpaired) electrons. The fraction of sp³-hybridized carbons (Fsp3) is 0.630. The number of phenols is 1. The van der Waals surface area contributed by atoms with E-state index in [2.05, 4.69) is 45.7 Å². The quantitative estimate of drug-likeness (QED) is 0.0333. The largest absolute Gasteiger partial charge is 0.508 e. The number of nitrogens with zero attached hydrogens (tertiary/aromatic N) is 13. The summed E-state index contributed by atoms with van der Waals surface area (Å²) >= 11 is 0. The van der Waals surface area contributed by atoms with Crippen molar-refractivity contribution in [3.05, 3.63) is 53.6 Å². The van der Waals surface area contributed by atoms with Gasteiger partial charge in [0.2, 0.25) is 29.7 Å². The highest BCUT2D eigenvalue weighted by Gasteiger charge is 2.34. The van der Waals surface area contributed by atoms with Crippen LogP contribution in [0.1, 0.15) is 80.6 Å². The van der Waals surface area contributed by atoms with Gasteiger partial charge in [0.25, 0.3) is 0 Å². The second kappa shape index (κ2) is 28.9. The van der Waals surface area contributed by atoms with Crippen LogP contribution in [-0.2, 0) is 30.2 Å². The number of anilines is 3. The van der Waals surface area contributed by atoms with Crippen molar-refractivity contribution in [3.8, 4) is 18.1 Å². The molecule has 25 heteroatoms. The Hall–Kier alpha value is -5.78. The second-order valence-electron chi connectivity index (χ2n) is 17.4. The second-order valence-corrected chi connectivity index (χ2v) is 17.4. The molecule has 1 aromatic carbocycles. The zero-order chi connectivity index (χ0) is 49.8. The lowest BCUT2D eigenvalue weighted by atomic mass is 9.98. The van der Waals surface area contributed by atoms with E-state index < -0.39 is 18.1 Å². The standard InChI is InChI=1S/C46H71N17O7.ClH/c1-4-23-68-25-27-70-28-26-69-24-14-50-44-51-45(60-19-15-58(16-20-60)42(66)39(8-6-7-13-47)62-30-37(54-56-62)36(48)32-64)53-46(52-44)61-21-17-59(18-22-61)43(67)40(29-34-9-11-35(65)12-10-34)63-31-38(55-57-63)41(49)33(3)5-2;/h1,9-12,30-31,33,36,39-41,64-65H,5-8,13-29,32,47-49H2,2-3H3,(H,50,51,52,53);1H/t33?,36-,39-,40+,41-;/m0./s1. The number of benzene rings is 1. The molecule has 2 saturated heterocycles. The number of terminal acetylenes is 1. The summed E-state index contributed by atoms with van der Waals surface area (Å²) in [6, 6.07) is 4.46. The van der Waals surface area contributed by atoms with E-state index in [0.29, 0.717) is 141 Å². The van der Waals surface area contributed by atoms with Crippen molar-refractivity contribution in [1.29, 1.82) is 0 Å². The number of aliphatic hydroxyl groups is 1. The summed E-state index contributed by atoms with van der Waals surface area (Å²) in [4.78, 5) is 50.9. The maximum atomic E-state index is 14.5. The number of hydrogen-bond donors (Lipinski definition) is 6. The summed E-state index contributed by atoms with van der Waals surface area (Å²) < 4.78 is 19.7. The predicted molar refractivity (Wildman–Crippen MR) is 268 cm³/mol. The van der Waals surface area contributed by atoms with E-state index in [1.165, 1.54) is 0 Å². The van der Waals surface area contributed by atoms with Gasteiger partial charge in [0.1, 0.15) is 30.1 Å². The van der Waals surface area contributed by atoms with Crippen molar-refractivity contribution in [2.45, 2.75) is 70.1 Å². The smallest absolute Gasteiger partial charge is 0.247 e.